The lowest BCUT2D eigenvalue weighted by molar-refractivity contribution is -0.114. The summed E-state index contributed by atoms with van der Waals surface area (Å²) in [5, 5.41) is 25.3. The SMILES string of the molecule is CC(=O)Nc1ccc(CN/C=C(\C=N)c2cnc3ccc(Nc4cc(C(C)C)cnn4)nc3c2)cc1. The van der Waals surface area contributed by atoms with E-state index >= 15 is 0 Å². The fraction of sp³-hybridized carbons (Fsp3) is 0.185. The molecule has 0 unspecified atom stereocenters. The van der Waals surface area contributed by atoms with Gasteiger partial charge in [-0.1, -0.05) is 26.0 Å². The van der Waals surface area contributed by atoms with Crippen LogP contribution >= 0.6 is 0 Å². The number of carbonyl (C=O) groups excluding carboxylic acids is 1. The number of anilines is 3. The van der Waals surface area contributed by atoms with E-state index in [1.165, 1.54) is 13.1 Å². The largest absolute Gasteiger partial charge is 0.386 e. The number of aromatic nitrogens is 4. The van der Waals surface area contributed by atoms with Crippen molar-refractivity contribution in [3.05, 3.63) is 83.8 Å². The quantitative estimate of drug-likeness (QED) is 0.247. The van der Waals surface area contributed by atoms with E-state index in [1.54, 1.807) is 18.6 Å². The molecule has 3 aromatic heterocycles. The van der Waals surface area contributed by atoms with Gasteiger partial charge >= 0.3 is 0 Å². The third-order valence-corrected chi connectivity index (χ3v) is 5.46. The van der Waals surface area contributed by atoms with Crippen LogP contribution in [-0.2, 0) is 11.3 Å². The van der Waals surface area contributed by atoms with E-state index in [1.807, 2.05) is 48.5 Å². The zero-order valence-corrected chi connectivity index (χ0v) is 20.4. The minimum absolute atomic E-state index is 0.102. The minimum atomic E-state index is -0.102. The summed E-state index contributed by atoms with van der Waals surface area (Å²) in [6, 6.07) is 15.2. The number of carbonyl (C=O) groups is 1. The van der Waals surface area contributed by atoms with Crippen LogP contribution in [0.1, 0.15) is 43.4 Å². The van der Waals surface area contributed by atoms with Gasteiger partial charge in [0.15, 0.2) is 5.82 Å². The van der Waals surface area contributed by atoms with Crippen LogP contribution in [0.5, 0.6) is 0 Å². The molecule has 3 heterocycles. The summed E-state index contributed by atoms with van der Waals surface area (Å²) in [7, 11) is 0. The number of pyridine rings is 2. The van der Waals surface area contributed by atoms with E-state index < -0.39 is 0 Å². The van der Waals surface area contributed by atoms with Crippen LogP contribution in [0.4, 0.5) is 17.3 Å². The molecule has 182 valence electrons. The fourth-order valence-corrected chi connectivity index (χ4v) is 3.52. The fourth-order valence-electron chi connectivity index (χ4n) is 3.52. The third-order valence-electron chi connectivity index (χ3n) is 5.46. The second-order valence-electron chi connectivity index (χ2n) is 8.62. The molecule has 0 saturated heterocycles. The Morgan fingerprint density at radius 3 is 2.56 bits per heavy atom. The number of nitrogens with one attached hydrogen (secondary N) is 4. The van der Waals surface area contributed by atoms with E-state index in [0.717, 1.165) is 27.9 Å². The Morgan fingerprint density at radius 1 is 1.03 bits per heavy atom. The smallest absolute Gasteiger partial charge is 0.221 e. The van der Waals surface area contributed by atoms with Crippen LogP contribution in [0.2, 0.25) is 0 Å². The van der Waals surface area contributed by atoms with Gasteiger partial charge in [0.05, 0.1) is 17.2 Å². The van der Waals surface area contributed by atoms with E-state index in [2.05, 4.69) is 50.0 Å². The number of fused-ring (bicyclic) bond motifs is 1. The lowest BCUT2D eigenvalue weighted by atomic mass is 10.1. The first kappa shape index (κ1) is 24.5. The van der Waals surface area contributed by atoms with Crippen molar-refractivity contribution in [2.24, 2.45) is 0 Å². The number of hydrogen-bond acceptors (Lipinski definition) is 8. The van der Waals surface area contributed by atoms with Crippen molar-refractivity contribution in [1.82, 2.24) is 25.5 Å². The van der Waals surface area contributed by atoms with E-state index in [0.29, 0.717) is 35.2 Å². The molecule has 36 heavy (non-hydrogen) atoms. The number of allylic oxidation sites excluding steroid dienone is 1. The van der Waals surface area contributed by atoms with Crippen LogP contribution in [0.3, 0.4) is 0 Å². The first-order chi connectivity index (χ1) is 17.4. The van der Waals surface area contributed by atoms with Crippen LogP contribution in [0, 0.1) is 5.41 Å². The van der Waals surface area contributed by atoms with Gasteiger partial charge in [-0.2, -0.15) is 5.10 Å². The topological polar surface area (TPSA) is 129 Å². The standard InChI is InChI=1S/C27H28N8O/c1-17(2)20-11-27(35-31-16-20)34-26-9-8-24-25(33-26)10-21(15-30-24)22(12-28)14-29-13-19-4-6-23(7-5-19)32-18(3)36/h4-12,14-17,28-29H,13H2,1-3H3,(H,32,36)(H,33,34,35)/b22-14+,28-12?. The second-order valence-corrected chi connectivity index (χ2v) is 8.62. The summed E-state index contributed by atoms with van der Waals surface area (Å²) in [6.07, 6.45) is 6.56. The van der Waals surface area contributed by atoms with Crippen molar-refractivity contribution in [3.63, 3.8) is 0 Å². The van der Waals surface area contributed by atoms with Crippen molar-refractivity contribution in [2.45, 2.75) is 33.2 Å². The Balaban J connectivity index is 1.48. The van der Waals surface area contributed by atoms with Crippen molar-refractivity contribution in [2.75, 3.05) is 10.6 Å². The Morgan fingerprint density at radius 2 is 1.83 bits per heavy atom. The molecule has 9 nitrogen and oxygen atoms in total. The number of benzene rings is 1. The molecule has 0 saturated carbocycles. The van der Waals surface area contributed by atoms with E-state index in [-0.39, 0.29) is 5.91 Å². The van der Waals surface area contributed by atoms with Gasteiger partial charge in [0.25, 0.3) is 0 Å². The molecule has 4 aromatic rings. The molecule has 1 aromatic carbocycles. The van der Waals surface area contributed by atoms with Gasteiger partial charge in [0, 0.05) is 48.9 Å². The normalized spacial score (nSPS) is 11.4. The highest BCUT2D eigenvalue weighted by atomic mass is 16.1. The molecule has 0 fully saturated rings. The molecule has 0 atom stereocenters. The Hall–Kier alpha value is -4.66. The van der Waals surface area contributed by atoms with E-state index in [9.17, 15) is 4.79 Å². The van der Waals surface area contributed by atoms with Crippen molar-refractivity contribution in [1.29, 1.82) is 5.41 Å². The maximum Gasteiger partial charge on any atom is 0.221 e. The summed E-state index contributed by atoms with van der Waals surface area (Å²) < 4.78 is 0. The molecule has 0 bridgehead atoms. The number of rotatable bonds is 9. The molecule has 4 rings (SSSR count). The zero-order chi connectivity index (χ0) is 25.5. The first-order valence-corrected chi connectivity index (χ1v) is 11.6. The van der Waals surface area contributed by atoms with Crippen molar-refractivity contribution in [3.8, 4) is 0 Å². The van der Waals surface area contributed by atoms with Crippen LogP contribution in [0.15, 0.2) is 67.1 Å². The lowest BCUT2D eigenvalue weighted by Gasteiger charge is -2.09. The predicted octanol–water partition coefficient (Wildman–Crippen LogP) is 5.03. The van der Waals surface area contributed by atoms with Gasteiger partial charge in [0.2, 0.25) is 5.91 Å². The zero-order valence-electron chi connectivity index (χ0n) is 20.4. The molecule has 0 spiro atoms. The Kier molecular flexibility index (Phi) is 7.60. The number of nitrogens with zero attached hydrogens (tertiary/aromatic N) is 4. The maximum absolute atomic E-state index is 11.2. The van der Waals surface area contributed by atoms with Crippen LogP contribution < -0.4 is 16.0 Å². The van der Waals surface area contributed by atoms with Gasteiger partial charge in [-0.3, -0.25) is 9.78 Å². The predicted molar refractivity (Wildman–Crippen MR) is 143 cm³/mol. The van der Waals surface area contributed by atoms with Crippen molar-refractivity contribution < 1.29 is 4.79 Å². The molecule has 0 aliphatic heterocycles. The third kappa shape index (κ3) is 6.26. The van der Waals surface area contributed by atoms with Gasteiger partial charge in [-0.15, -0.1) is 5.10 Å². The average Bonchev–Trinajstić information content (AvgIpc) is 2.87. The molecule has 0 aliphatic carbocycles. The number of hydrogen-bond donors (Lipinski definition) is 4. The first-order valence-electron chi connectivity index (χ1n) is 11.6. The van der Waals surface area contributed by atoms with Crippen LogP contribution in [-0.4, -0.2) is 32.3 Å². The lowest BCUT2D eigenvalue weighted by Crippen LogP contribution is -2.08. The highest BCUT2D eigenvalue weighted by molar-refractivity contribution is 6.08. The summed E-state index contributed by atoms with van der Waals surface area (Å²) in [4.78, 5) is 20.4. The van der Waals surface area contributed by atoms with Gasteiger partial charge in [-0.05, 0) is 53.4 Å². The summed E-state index contributed by atoms with van der Waals surface area (Å²) in [5.74, 6) is 1.51. The highest BCUT2D eigenvalue weighted by Gasteiger charge is 2.07. The summed E-state index contributed by atoms with van der Waals surface area (Å²) >= 11 is 0. The Labute approximate surface area is 209 Å². The van der Waals surface area contributed by atoms with E-state index in [4.69, 9.17) is 5.41 Å². The highest BCUT2D eigenvalue weighted by Crippen LogP contribution is 2.22. The average molecular weight is 481 g/mol. The summed E-state index contributed by atoms with van der Waals surface area (Å²) in [6.45, 7) is 6.26. The maximum atomic E-state index is 11.2. The van der Waals surface area contributed by atoms with Crippen LogP contribution in [0.25, 0.3) is 16.6 Å². The molecular weight excluding hydrogens is 452 g/mol. The van der Waals surface area contributed by atoms with Gasteiger partial charge in [0.1, 0.15) is 5.82 Å². The molecule has 9 heteroatoms. The summed E-state index contributed by atoms with van der Waals surface area (Å²) in [5.41, 5.74) is 5.80. The molecule has 1 amide bonds. The monoisotopic (exact) mass is 480 g/mol. The minimum Gasteiger partial charge on any atom is -0.386 e. The molecule has 0 radical (unpaired) electrons. The molecular formula is C27H28N8O. The second kappa shape index (κ2) is 11.2. The Bertz CT molecular complexity index is 1410. The van der Waals surface area contributed by atoms with Crippen molar-refractivity contribution >= 4 is 46.1 Å². The van der Waals surface area contributed by atoms with Gasteiger partial charge < -0.3 is 21.4 Å². The molecule has 4 N–H and O–H groups in total. The van der Waals surface area contributed by atoms with Gasteiger partial charge in [-0.25, -0.2) is 4.98 Å². The number of amides is 1. The molecule has 0 aliphatic rings.